The normalized spacial score (nSPS) is 11.2. The fourth-order valence-corrected chi connectivity index (χ4v) is 2.50. The maximum Gasteiger partial charge on any atom is 0.185 e. The lowest BCUT2D eigenvalue weighted by Gasteiger charge is -2.00. The number of nitrogens with one attached hydrogen (secondary N) is 1. The maximum atomic E-state index is 12.2. The number of aromatic nitrogens is 2. The fourth-order valence-electron chi connectivity index (χ4n) is 2.50. The maximum absolute atomic E-state index is 12.2. The number of hydrogen-bond acceptors (Lipinski definition) is 3. The van der Waals surface area contributed by atoms with Gasteiger partial charge in [0.2, 0.25) is 0 Å². The summed E-state index contributed by atoms with van der Waals surface area (Å²) in [5.74, 6) is 0.750. The lowest BCUT2D eigenvalue weighted by atomic mass is 10.1. The van der Waals surface area contributed by atoms with Gasteiger partial charge in [-0.2, -0.15) is 0 Å². The van der Waals surface area contributed by atoms with Crippen LogP contribution in [0.2, 0.25) is 0 Å². The molecule has 1 aromatic carbocycles. The molecule has 0 bridgehead atoms. The largest absolute Gasteiger partial charge is 0.495 e. The molecule has 0 aliphatic heterocycles. The van der Waals surface area contributed by atoms with Crippen molar-refractivity contribution in [3.05, 3.63) is 65.6 Å². The number of nitrogens with zero attached hydrogens (tertiary/aromatic N) is 1. The number of allylic oxidation sites excluding steroid dienone is 1. The second-order valence-electron chi connectivity index (χ2n) is 4.98. The molecule has 0 atom stereocenters. The van der Waals surface area contributed by atoms with Crippen molar-refractivity contribution in [3.8, 4) is 5.75 Å². The number of carbonyl (C=O) groups excluding carboxylic acids is 1. The van der Waals surface area contributed by atoms with Crippen LogP contribution in [0.4, 0.5) is 0 Å². The number of pyridine rings is 1. The van der Waals surface area contributed by atoms with Gasteiger partial charge in [-0.1, -0.05) is 12.1 Å². The van der Waals surface area contributed by atoms with E-state index in [9.17, 15) is 4.79 Å². The van der Waals surface area contributed by atoms with E-state index >= 15 is 0 Å². The van der Waals surface area contributed by atoms with Crippen LogP contribution in [0.1, 0.15) is 21.6 Å². The lowest BCUT2D eigenvalue weighted by molar-refractivity contribution is 0.104. The van der Waals surface area contributed by atoms with Gasteiger partial charge in [-0.25, -0.2) is 0 Å². The van der Waals surface area contributed by atoms with E-state index < -0.39 is 0 Å². The Labute approximate surface area is 128 Å². The van der Waals surface area contributed by atoms with E-state index in [0.717, 1.165) is 27.9 Å². The first-order valence-corrected chi connectivity index (χ1v) is 6.98. The van der Waals surface area contributed by atoms with Crippen molar-refractivity contribution < 1.29 is 9.53 Å². The minimum absolute atomic E-state index is 0.0425. The van der Waals surface area contributed by atoms with Crippen molar-refractivity contribution in [2.24, 2.45) is 0 Å². The van der Waals surface area contributed by atoms with E-state index in [-0.39, 0.29) is 5.78 Å². The van der Waals surface area contributed by atoms with Crippen molar-refractivity contribution in [1.29, 1.82) is 0 Å². The number of hydrogen-bond donors (Lipinski definition) is 1. The summed E-state index contributed by atoms with van der Waals surface area (Å²) in [7, 11) is 1.65. The summed E-state index contributed by atoms with van der Waals surface area (Å²) in [6, 6.07) is 9.28. The number of ether oxygens (including phenoxy) is 1. The average molecular weight is 292 g/mol. The number of aryl methyl sites for hydroxylation is 1. The van der Waals surface area contributed by atoms with Crippen LogP contribution < -0.4 is 4.74 Å². The molecular formula is C18H16N2O2. The molecule has 3 aromatic rings. The molecule has 2 heterocycles. The zero-order valence-electron chi connectivity index (χ0n) is 12.5. The quantitative estimate of drug-likeness (QED) is 0.588. The van der Waals surface area contributed by atoms with E-state index in [4.69, 9.17) is 4.74 Å². The molecule has 0 fully saturated rings. The van der Waals surface area contributed by atoms with E-state index in [1.54, 1.807) is 37.7 Å². The fraction of sp³-hybridized carbons (Fsp3) is 0.111. The van der Waals surface area contributed by atoms with E-state index in [1.165, 1.54) is 0 Å². The molecule has 4 nitrogen and oxygen atoms in total. The molecule has 0 unspecified atom stereocenters. The summed E-state index contributed by atoms with van der Waals surface area (Å²) in [6.45, 7) is 1.98. The zero-order valence-corrected chi connectivity index (χ0v) is 12.5. The molecule has 0 radical (unpaired) electrons. The molecule has 110 valence electrons. The Kier molecular flexibility index (Phi) is 3.74. The van der Waals surface area contributed by atoms with E-state index in [0.29, 0.717) is 5.56 Å². The second kappa shape index (κ2) is 5.85. The minimum atomic E-state index is -0.0425. The highest BCUT2D eigenvalue weighted by Gasteiger charge is 2.10. The summed E-state index contributed by atoms with van der Waals surface area (Å²) < 4.78 is 5.36. The van der Waals surface area contributed by atoms with Gasteiger partial charge in [-0.3, -0.25) is 9.78 Å². The zero-order chi connectivity index (χ0) is 15.5. The molecule has 2 aromatic heterocycles. The molecule has 0 saturated heterocycles. The first kappa shape index (κ1) is 14.1. The molecular weight excluding hydrogens is 276 g/mol. The molecule has 0 aliphatic carbocycles. The molecule has 0 amide bonds. The van der Waals surface area contributed by atoms with Gasteiger partial charge in [0.05, 0.1) is 12.6 Å². The number of fused-ring (bicyclic) bond motifs is 1. The molecule has 3 rings (SSSR count). The molecule has 1 N–H and O–H groups in total. The summed E-state index contributed by atoms with van der Waals surface area (Å²) in [4.78, 5) is 19.4. The second-order valence-corrected chi connectivity index (χ2v) is 4.98. The van der Waals surface area contributed by atoms with Gasteiger partial charge >= 0.3 is 0 Å². The van der Waals surface area contributed by atoms with Crippen LogP contribution >= 0.6 is 0 Å². The van der Waals surface area contributed by atoms with Crippen molar-refractivity contribution >= 4 is 22.8 Å². The average Bonchev–Trinajstić information content (AvgIpc) is 2.88. The molecule has 0 spiro atoms. The number of rotatable bonds is 4. The topological polar surface area (TPSA) is 55.0 Å². The number of ketones is 1. The predicted molar refractivity (Wildman–Crippen MR) is 87.2 cm³/mol. The third-order valence-electron chi connectivity index (χ3n) is 3.62. The summed E-state index contributed by atoms with van der Waals surface area (Å²) >= 11 is 0. The van der Waals surface area contributed by atoms with Crippen molar-refractivity contribution in [2.75, 3.05) is 7.11 Å². The van der Waals surface area contributed by atoms with Crippen LogP contribution in [0.3, 0.4) is 0 Å². The van der Waals surface area contributed by atoms with Gasteiger partial charge in [0, 0.05) is 34.6 Å². The molecule has 0 aliphatic rings. The van der Waals surface area contributed by atoms with Gasteiger partial charge in [-0.15, -0.1) is 0 Å². The van der Waals surface area contributed by atoms with Gasteiger partial charge in [0.1, 0.15) is 5.75 Å². The van der Waals surface area contributed by atoms with Crippen LogP contribution in [-0.2, 0) is 0 Å². The Morgan fingerprint density at radius 1 is 1.23 bits per heavy atom. The highest BCUT2D eigenvalue weighted by molar-refractivity contribution is 6.08. The summed E-state index contributed by atoms with van der Waals surface area (Å²) in [5.41, 5.74) is 3.56. The Bertz CT molecular complexity index is 848. The third kappa shape index (κ3) is 2.51. The molecule has 22 heavy (non-hydrogen) atoms. The lowest BCUT2D eigenvalue weighted by Crippen LogP contribution is -1.93. The predicted octanol–water partition coefficient (Wildman–Crippen LogP) is 3.78. The highest BCUT2D eigenvalue weighted by atomic mass is 16.5. The van der Waals surface area contributed by atoms with Crippen LogP contribution in [0.15, 0.2) is 48.8 Å². The first-order chi connectivity index (χ1) is 10.7. The standard InChI is InChI=1S/C18H16N2O2/c1-12-14(6-7-16(21)13-8-10-19-11-9-13)15-4-3-5-17(22-2)18(15)20-12/h3-11,20H,1-2H3/b7-6+. The molecule has 4 heteroatoms. The van der Waals surface area contributed by atoms with E-state index in [2.05, 4.69) is 9.97 Å². The third-order valence-corrected chi connectivity index (χ3v) is 3.62. The van der Waals surface area contributed by atoms with Crippen molar-refractivity contribution in [2.45, 2.75) is 6.92 Å². The molecule has 0 saturated carbocycles. The van der Waals surface area contributed by atoms with Crippen molar-refractivity contribution in [1.82, 2.24) is 9.97 Å². The Morgan fingerprint density at radius 2 is 2.00 bits per heavy atom. The SMILES string of the molecule is COc1cccc2c(/C=C/C(=O)c3ccncc3)c(C)[nH]c12. The van der Waals surface area contributed by atoms with Gasteiger partial charge in [0.25, 0.3) is 0 Å². The van der Waals surface area contributed by atoms with Gasteiger partial charge < -0.3 is 9.72 Å². The van der Waals surface area contributed by atoms with Crippen molar-refractivity contribution in [3.63, 3.8) is 0 Å². The van der Waals surface area contributed by atoms with Crippen LogP contribution in [0.5, 0.6) is 5.75 Å². The number of para-hydroxylation sites is 1. The monoisotopic (exact) mass is 292 g/mol. The number of aromatic amines is 1. The van der Waals surface area contributed by atoms with Crippen LogP contribution in [0.25, 0.3) is 17.0 Å². The van der Waals surface area contributed by atoms with Gasteiger partial charge in [-0.05, 0) is 37.3 Å². The summed E-state index contributed by atoms with van der Waals surface area (Å²) in [5, 5.41) is 1.04. The first-order valence-electron chi connectivity index (χ1n) is 6.98. The number of carbonyl (C=O) groups is 1. The van der Waals surface area contributed by atoms with Crippen LogP contribution in [-0.4, -0.2) is 22.9 Å². The smallest absolute Gasteiger partial charge is 0.185 e. The van der Waals surface area contributed by atoms with Gasteiger partial charge in [0.15, 0.2) is 5.78 Å². The Morgan fingerprint density at radius 3 is 2.73 bits per heavy atom. The minimum Gasteiger partial charge on any atom is -0.495 e. The Hall–Kier alpha value is -2.88. The number of benzene rings is 1. The number of H-pyrrole nitrogens is 1. The Balaban J connectivity index is 1.99. The van der Waals surface area contributed by atoms with Crippen LogP contribution in [0, 0.1) is 6.92 Å². The number of methoxy groups -OCH3 is 1. The highest BCUT2D eigenvalue weighted by Crippen LogP contribution is 2.30. The van der Waals surface area contributed by atoms with E-state index in [1.807, 2.05) is 31.2 Å². The summed E-state index contributed by atoms with van der Waals surface area (Å²) in [6.07, 6.45) is 6.66.